The number of nitrogens with one attached hydrogen (secondary N) is 1. The minimum absolute atomic E-state index is 0.0604. The van der Waals surface area contributed by atoms with E-state index in [0.717, 1.165) is 31.4 Å². The molecule has 1 aromatic carbocycles. The minimum Gasteiger partial charge on any atom is -0.393 e. The Balaban J connectivity index is 1.96. The predicted octanol–water partition coefficient (Wildman–Crippen LogP) is 1.66. The maximum atomic E-state index is 12.8. The van der Waals surface area contributed by atoms with Crippen LogP contribution in [0.3, 0.4) is 0 Å². The molecule has 1 saturated carbocycles. The summed E-state index contributed by atoms with van der Waals surface area (Å²) in [5.41, 5.74) is 0. The van der Waals surface area contributed by atoms with Crippen LogP contribution in [0.1, 0.15) is 25.7 Å². The Hall–Kier alpha value is -0.980. The minimum atomic E-state index is -3.59. The van der Waals surface area contributed by atoms with E-state index < -0.39 is 15.8 Å². The molecule has 19 heavy (non-hydrogen) atoms. The quantitative estimate of drug-likeness (QED) is 0.885. The number of benzene rings is 1. The zero-order valence-electron chi connectivity index (χ0n) is 10.5. The molecule has 1 aliphatic carbocycles. The molecule has 6 heteroatoms. The van der Waals surface area contributed by atoms with E-state index in [2.05, 4.69) is 4.72 Å². The Bertz CT molecular complexity index is 515. The fraction of sp³-hybridized carbons (Fsp3) is 0.538. The second-order valence-corrected chi connectivity index (χ2v) is 6.76. The number of aliphatic hydroxyl groups excluding tert-OH is 1. The molecule has 0 aromatic heterocycles. The summed E-state index contributed by atoms with van der Waals surface area (Å²) in [6.45, 7) is 0.316. The Morgan fingerprint density at radius 3 is 2.58 bits per heavy atom. The predicted molar refractivity (Wildman–Crippen MR) is 69.6 cm³/mol. The molecule has 2 atom stereocenters. The zero-order chi connectivity index (χ0) is 13.9. The van der Waals surface area contributed by atoms with Gasteiger partial charge >= 0.3 is 0 Å². The van der Waals surface area contributed by atoms with Gasteiger partial charge in [0.25, 0.3) is 0 Å². The Morgan fingerprint density at radius 1 is 1.26 bits per heavy atom. The monoisotopic (exact) mass is 287 g/mol. The van der Waals surface area contributed by atoms with Crippen LogP contribution in [-0.4, -0.2) is 26.2 Å². The van der Waals surface area contributed by atoms with Gasteiger partial charge in [0.05, 0.1) is 11.0 Å². The van der Waals surface area contributed by atoms with E-state index in [1.807, 2.05) is 0 Å². The molecule has 4 nitrogen and oxygen atoms in total. The summed E-state index contributed by atoms with van der Waals surface area (Å²) in [6, 6.07) is 4.73. The van der Waals surface area contributed by atoms with Gasteiger partial charge in [0.2, 0.25) is 10.0 Å². The van der Waals surface area contributed by atoms with E-state index in [-0.39, 0.29) is 16.9 Å². The summed E-state index contributed by atoms with van der Waals surface area (Å²) >= 11 is 0. The number of rotatable bonds is 4. The molecule has 1 aromatic rings. The summed E-state index contributed by atoms with van der Waals surface area (Å²) < 4.78 is 39.2. The van der Waals surface area contributed by atoms with Crippen LogP contribution in [0.5, 0.6) is 0 Å². The molecule has 0 aliphatic heterocycles. The average Bonchev–Trinajstić information content (AvgIpc) is 2.37. The van der Waals surface area contributed by atoms with Gasteiger partial charge < -0.3 is 5.11 Å². The molecule has 0 heterocycles. The van der Waals surface area contributed by atoms with Crippen LogP contribution in [0.15, 0.2) is 29.2 Å². The average molecular weight is 287 g/mol. The van der Waals surface area contributed by atoms with Crippen molar-refractivity contribution in [2.24, 2.45) is 5.92 Å². The highest BCUT2D eigenvalue weighted by atomic mass is 32.2. The molecule has 2 unspecified atom stereocenters. The van der Waals surface area contributed by atoms with Crippen LogP contribution in [0.25, 0.3) is 0 Å². The topological polar surface area (TPSA) is 66.4 Å². The van der Waals surface area contributed by atoms with Gasteiger partial charge in [-0.15, -0.1) is 0 Å². The third-order valence-electron chi connectivity index (χ3n) is 3.44. The van der Waals surface area contributed by atoms with Gasteiger partial charge in [0.1, 0.15) is 5.82 Å². The van der Waals surface area contributed by atoms with Crippen LogP contribution in [0.2, 0.25) is 0 Å². The van der Waals surface area contributed by atoms with Gasteiger partial charge in [-0.2, -0.15) is 0 Å². The van der Waals surface area contributed by atoms with Gasteiger partial charge in [0.15, 0.2) is 0 Å². The van der Waals surface area contributed by atoms with Crippen molar-refractivity contribution >= 4 is 10.0 Å². The Morgan fingerprint density at radius 2 is 1.95 bits per heavy atom. The number of hydrogen-bond acceptors (Lipinski definition) is 3. The fourth-order valence-corrected chi connectivity index (χ4v) is 3.49. The third-order valence-corrected chi connectivity index (χ3v) is 4.88. The van der Waals surface area contributed by atoms with Crippen LogP contribution >= 0.6 is 0 Å². The lowest BCUT2D eigenvalue weighted by Crippen LogP contribution is -2.33. The van der Waals surface area contributed by atoms with Crippen molar-refractivity contribution in [3.05, 3.63) is 30.1 Å². The van der Waals surface area contributed by atoms with E-state index in [1.165, 1.54) is 12.1 Å². The molecule has 0 spiro atoms. The second kappa shape index (κ2) is 5.98. The Labute approximate surface area is 112 Å². The molecular weight excluding hydrogens is 269 g/mol. The lowest BCUT2D eigenvalue weighted by Gasteiger charge is -2.25. The van der Waals surface area contributed by atoms with Crippen molar-refractivity contribution in [3.63, 3.8) is 0 Å². The molecule has 0 saturated heterocycles. The molecule has 0 bridgehead atoms. The molecule has 0 amide bonds. The van der Waals surface area contributed by atoms with Crippen molar-refractivity contribution < 1.29 is 17.9 Å². The van der Waals surface area contributed by atoms with Crippen molar-refractivity contribution in [2.75, 3.05) is 6.54 Å². The summed E-state index contributed by atoms with van der Waals surface area (Å²) in [4.78, 5) is 0.0604. The highest BCUT2D eigenvalue weighted by molar-refractivity contribution is 7.89. The number of halogens is 1. The zero-order valence-corrected chi connectivity index (χ0v) is 11.4. The summed E-state index contributed by atoms with van der Waals surface area (Å²) in [7, 11) is -3.59. The maximum absolute atomic E-state index is 12.8. The van der Waals surface area contributed by atoms with Crippen molar-refractivity contribution in [1.29, 1.82) is 0 Å². The Kier molecular flexibility index (Phi) is 4.54. The second-order valence-electron chi connectivity index (χ2n) is 4.99. The van der Waals surface area contributed by atoms with Crippen molar-refractivity contribution in [3.8, 4) is 0 Å². The SMILES string of the molecule is O=S(=O)(NCC1CCCC(O)C1)c1ccc(F)cc1. The van der Waals surface area contributed by atoms with Gasteiger partial charge in [-0.25, -0.2) is 17.5 Å². The molecule has 106 valence electrons. The highest BCUT2D eigenvalue weighted by Crippen LogP contribution is 2.24. The van der Waals surface area contributed by atoms with Gasteiger partial charge in [-0.3, -0.25) is 0 Å². The third kappa shape index (κ3) is 3.99. The van der Waals surface area contributed by atoms with E-state index in [0.29, 0.717) is 13.0 Å². The normalized spacial score (nSPS) is 24.3. The summed E-state index contributed by atoms with van der Waals surface area (Å²) in [5, 5.41) is 9.54. The van der Waals surface area contributed by atoms with Crippen molar-refractivity contribution in [2.45, 2.75) is 36.7 Å². The molecule has 0 radical (unpaired) electrons. The number of sulfonamides is 1. The molecule has 2 N–H and O–H groups in total. The van der Waals surface area contributed by atoms with E-state index in [4.69, 9.17) is 0 Å². The van der Waals surface area contributed by atoms with E-state index in [1.54, 1.807) is 0 Å². The van der Waals surface area contributed by atoms with Crippen molar-refractivity contribution in [1.82, 2.24) is 4.72 Å². The van der Waals surface area contributed by atoms with E-state index >= 15 is 0 Å². The lowest BCUT2D eigenvalue weighted by atomic mass is 9.87. The van der Waals surface area contributed by atoms with Crippen LogP contribution < -0.4 is 4.72 Å². The smallest absolute Gasteiger partial charge is 0.240 e. The lowest BCUT2D eigenvalue weighted by molar-refractivity contribution is 0.102. The van der Waals surface area contributed by atoms with Gasteiger partial charge in [0, 0.05) is 6.54 Å². The fourth-order valence-electron chi connectivity index (χ4n) is 2.37. The number of hydrogen-bond donors (Lipinski definition) is 2. The maximum Gasteiger partial charge on any atom is 0.240 e. The van der Waals surface area contributed by atoms with E-state index in [9.17, 15) is 17.9 Å². The highest BCUT2D eigenvalue weighted by Gasteiger charge is 2.22. The first-order valence-corrected chi connectivity index (χ1v) is 7.89. The molecular formula is C13H18FNO3S. The van der Waals surface area contributed by atoms with Gasteiger partial charge in [-0.05, 0) is 49.4 Å². The first-order valence-electron chi connectivity index (χ1n) is 6.40. The largest absolute Gasteiger partial charge is 0.393 e. The summed E-state index contributed by atoms with van der Waals surface area (Å²) in [5.74, 6) is -0.298. The molecule has 1 fully saturated rings. The molecule has 1 aliphatic rings. The van der Waals surface area contributed by atoms with Gasteiger partial charge in [-0.1, -0.05) is 6.42 Å². The number of aliphatic hydroxyl groups is 1. The molecule has 2 rings (SSSR count). The summed E-state index contributed by atoms with van der Waals surface area (Å²) in [6.07, 6.45) is 2.94. The van der Waals surface area contributed by atoms with Crippen LogP contribution in [0.4, 0.5) is 4.39 Å². The first kappa shape index (κ1) is 14.4. The van der Waals surface area contributed by atoms with Crippen LogP contribution in [0, 0.1) is 11.7 Å². The standard InChI is InChI=1S/C13H18FNO3S/c14-11-4-6-13(7-5-11)19(17,18)15-9-10-2-1-3-12(16)8-10/h4-7,10,12,15-16H,1-3,8-9H2. The van der Waals surface area contributed by atoms with Crippen LogP contribution in [-0.2, 0) is 10.0 Å². The first-order chi connectivity index (χ1) is 8.97.